The molecule has 0 radical (unpaired) electrons. The number of rotatable bonds is 7. The Hall–Kier alpha value is -0.530. The molecule has 0 amide bonds. The van der Waals surface area contributed by atoms with Crippen molar-refractivity contribution in [3.8, 4) is 0 Å². The SMILES string of the molecule is CCCCCCCOC(=O)CC(C)(C)C. The normalized spacial score (nSPS) is 11.5. The van der Waals surface area contributed by atoms with Crippen LogP contribution in [0.15, 0.2) is 0 Å². The number of carbonyl (C=O) groups excluding carboxylic acids is 1. The van der Waals surface area contributed by atoms with Crippen molar-refractivity contribution in [2.45, 2.75) is 66.2 Å². The number of unbranched alkanes of at least 4 members (excludes halogenated alkanes) is 4. The number of esters is 1. The Morgan fingerprint density at radius 3 is 2.20 bits per heavy atom. The summed E-state index contributed by atoms with van der Waals surface area (Å²) >= 11 is 0. The van der Waals surface area contributed by atoms with Gasteiger partial charge in [0.1, 0.15) is 0 Å². The molecule has 0 atom stereocenters. The zero-order valence-electron chi connectivity index (χ0n) is 10.8. The van der Waals surface area contributed by atoms with E-state index in [0.717, 1.165) is 6.42 Å². The van der Waals surface area contributed by atoms with Crippen molar-refractivity contribution >= 4 is 5.97 Å². The van der Waals surface area contributed by atoms with E-state index in [1.807, 2.05) is 0 Å². The second kappa shape index (κ2) is 7.72. The van der Waals surface area contributed by atoms with E-state index in [1.165, 1.54) is 25.7 Å². The monoisotopic (exact) mass is 214 g/mol. The number of hydrogen-bond donors (Lipinski definition) is 0. The summed E-state index contributed by atoms with van der Waals surface area (Å²) in [6, 6.07) is 0. The molecule has 0 bridgehead atoms. The summed E-state index contributed by atoms with van der Waals surface area (Å²) in [6.07, 6.45) is 6.50. The molecule has 2 nitrogen and oxygen atoms in total. The lowest BCUT2D eigenvalue weighted by atomic mass is 9.92. The summed E-state index contributed by atoms with van der Waals surface area (Å²) in [7, 11) is 0. The molecule has 2 heteroatoms. The van der Waals surface area contributed by atoms with Gasteiger partial charge in [-0.1, -0.05) is 53.4 Å². The van der Waals surface area contributed by atoms with E-state index in [9.17, 15) is 4.79 Å². The first-order chi connectivity index (χ1) is 6.95. The third-order valence-electron chi connectivity index (χ3n) is 2.19. The van der Waals surface area contributed by atoms with Crippen molar-refractivity contribution < 1.29 is 9.53 Å². The Bertz CT molecular complexity index is 168. The van der Waals surface area contributed by atoms with Gasteiger partial charge >= 0.3 is 5.97 Å². The highest BCUT2D eigenvalue weighted by molar-refractivity contribution is 5.70. The van der Waals surface area contributed by atoms with E-state index in [-0.39, 0.29) is 11.4 Å². The topological polar surface area (TPSA) is 26.3 Å². The zero-order valence-corrected chi connectivity index (χ0v) is 10.8. The molecule has 0 aromatic carbocycles. The van der Waals surface area contributed by atoms with Gasteiger partial charge in [-0.3, -0.25) is 4.79 Å². The van der Waals surface area contributed by atoms with Gasteiger partial charge in [-0.2, -0.15) is 0 Å². The summed E-state index contributed by atoms with van der Waals surface area (Å²) in [5.74, 6) is -0.0574. The zero-order chi connectivity index (χ0) is 11.7. The average Bonchev–Trinajstić information content (AvgIpc) is 2.08. The standard InChI is InChI=1S/C13H26O2/c1-5-6-7-8-9-10-15-12(14)11-13(2,3)4/h5-11H2,1-4H3. The lowest BCUT2D eigenvalue weighted by molar-refractivity contribution is -0.145. The largest absolute Gasteiger partial charge is 0.466 e. The fourth-order valence-corrected chi connectivity index (χ4v) is 1.38. The van der Waals surface area contributed by atoms with Gasteiger partial charge in [0.05, 0.1) is 13.0 Å². The molecule has 0 aromatic heterocycles. The van der Waals surface area contributed by atoms with E-state index in [2.05, 4.69) is 27.7 Å². The van der Waals surface area contributed by atoms with Crippen LogP contribution in [0.2, 0.25) is 0 Å². The van der Waals surface area contributed by atoms with E-state index in [0.29, 0.717) is 13.0 Å². The molecule has 0 saturated heterocycles. The molecule has 15 heavy (non-hydrogen) atoms. The van der Waals surface area contributed by atoms with Crippen molar-refractivity contribution in [3.05, 3.63) is 0 Å². The molecule has 0 aromatic rings. The van der Waals surface area contributed by atoms with Crippen LogP contribution in [0.5, 0.6) is 0 Å². The third kappa shape index (κ3) is 11.4. The maximum Gasteiger partial charge on any atom is 0.306 e. The Labute approximate surface area is 94.4 Å². The van der Waals surface area contributed by atoms with Gasteiger partial charge < -0.3 is 4.74 Å². The Morgan fingerprint density at radius 1 is 1.07 bits per heavy atom. The quantitative estimate of drug-likeness (QED) is 0.474. The second-order valence-electron chi connectivity index (χ2n) is 5.37. The average molecular weight is 214 g/mol. The highest BCUT2D eigenvalue weighted by Gasteiger charge is 2.16. The molecule has 0 heterocycles. The smallest absolute Gasteiger partial charge is 0.306 e. The molecule has 0 N–H and O–H groups in total. The molecule has 90 valence electrons. The van der Waals surface area contributed by atoms with Crippen LogP contribution in [0, 0.1) is 5.41 Å². The van der Waals surface area contributed by atoms with Crippen LogP contribution in [0.3, 0.4) is 0 Å². The van der Waals surface area contributed by atoms with Gasteiger partial charge in [0.2, 0.25) is 0 Å². The van der Waals surface area contributed by atoms with E-state index in [1.54, 1.807) is 0 Å². The summed E-state index contributed by atoms with van der Waals surface area (Å²) < 4.78 is 5.16. The summed E-state index contributed by atoms with van der Waals surface area (Å²) in [4.78, 5) is 11.3. The third-order valence-corrected chi connectivity index (χ3v) is 2.19. The van der Waals surface area contributed by atoms with E-state index in [4.69, 9.17) is 4.74 Å². The fourth-order valence-electron chi connectivity index (χ4n) is 1.38. The molecule has 0 aliphatic heterocycles. The minimum absolute atomic E-state index is 0.0410. The number of hydrogen-bond acceptors (Lipinski definition) is 2. The van der Waals surface area contributed by atoms with E-state index < -0.39 is 0 Å². The molecule has 0 spiro atoms. The molecule has 0 aliphatic carbocycles. The Balaban J connectivity index is 3.32. The Kier molecular flexibility index (Phi) is 7.45. The Morgan fingerprint density at radius 2 is 1.67 bits per heavy atom. The summed E-state index contributed by atoms with van der Waals surface area (Å²) in [5.41, 5.74) is 0.0410. The molecule has 0 rings (SSSR count). The lowest BCUT2D eigenvalue weighted by Gasteiger charge is -2.16. The van der Waals surface area contributed by atoms with Gasteiger partial charge in [-0.15, -0.1) is 0 Å². The van der Waals surface area contributed by atoms with Crippen LogP contribution in [0.25, 0.3) is 0 Å². The molecular formula is C13H26O2. The van der Waals surface area contributed by atoms with Crippen LogP contribution >= 0.6 is 0 Å². The first-order valence-corrected chi connectivity index (χ1v) is 6.11. The predicted molar refractivity (Wildman–Crippen MR) is 63.8 cm³/mol. The fraction of sp³-hybridized carbons (Fsp3) is 0.923. The molecule has 0 fully saturated rings. The number of ether oxygens (including phenoxy) is 1. The van der Waals surface area contributed by atoms with Gasteiger partial charge in [0.25, 0.3) is 0 Å². The van der Waals surface area contributed by atoms with Gasteiger partial charge in [-0.25, -0.2) is 0 Å². The first-order valence-electron chi connectivity index (χ1n) is 6.11. The highest BCUT2D eigenvalue weighted by Crippen LogP contribution is 2.18. The van der Waals surface area contributed by atoms with Crippen LogP contribution in [-0.2, 0) is 9.53 Å². The maximum atomic E-state index is 11.3. The van der Waals surface area contributed by atoms with Gasteiger partial charge in [-0.05, 0) is 11.8 Å². The lowest BCUT2D eigenvalue weighted by Crippen LogP contribution is -2.15. The molecule has 0 aliphatic rings. The van der Waals surface area contributed by atoms with Crippen LogP contribution in [0.4, 0.5) is 0 Å². The molecule has 0 saturated carbocycles. The predicted octanol–water partition coefficient (Wildman–Crippen LogP) is 3.94. The molecule has 0 unspecified atom stereocenters. The van der Waals surface area contributed by atoms with Crippen LogP contribution in [-0.4, -0.2) is 12.6 Å². The maximum absolute atomic E-state index is 11.3. The van der Waals surface area contributed by atoms with Gasteiger partial charge in [0, 0.05) is 0 Å². The van der Waals surface area contributed by atoms with Crippen LogP contribution < -0.4 is 0 Å². The van der Waals surface area contributed by atoms with Crippen molar-refractivity contribution in [1.82, 2.24) is 0 Å². The van der Waals surface area contributed by atoms with Crippen molar-refractivity contribution in [2.24, 2.45) is 5.41 Å². The van der Waals surface area contributed by atoms with Gasteiger partial charge in [0.15, 0.2) is 0 Å². The minimum Gasteiger partial charge on any atom is -0.466 e. The van der Waals surface area contributed by atoms with Crippen molar-refractivity contribution in [1.29, 1.82) is 0 Å². The summed E-state index contributed by atoms with van der Waals surface area (Å²) in [6.45, 7) is 8.95. The second-order valence-corrected chi connectivity index (χ2v) is 5.37. The van der Waals surface area contributed by atoms with Crippen LogP contribution in [0.1, 0.15) is 66.2 Å². The minimum atomic E-state index is -0.0574. The van der Waals surface area contributed by atoms with E-state index >= 15 is 0 Å². The van der Waals surface area contributed by atoms with Crippen molar-refractivity contribution in [2.75, 3.05) is 6.61 Å². The number of carbonyl (C=O) groups is 1. The van der Waals surface area contributed by atoms with Crippen molar-refractivity contribution in [3.63, 3.8) is 0 Å². The molecular weight excluding hydrogens is 188 g/mol. The highest BCUT2D eigenvalue weighted by atomic mass is 16.5. The first kappa shape index (κ1) is 14.5. The summed E-state index contributed by atoms with van der Waals surface area (Å²) in [5, 5.41) is 0.